The van der Waals surface area contributed by atoms with E-state index in [1.54, 1.807) is 11.6 Å². The second kappa shape index (κ2) is 10.2. The summed E-state index contributed by atoms with van der Waals surface area (Å²) in [6.45, 7) is 13.1. The van der Waals surface area contributed by atoms with Gasteiger partial charge >= 0.3 is 0 Å². The lowest BCUT2D eigenvalue weighted by atomic mass is 9.69. The smallest absolute Gasteiger partial charge is 0.300 e. The molecule has 1 aliphatic carbocycles. The van der Waals surface area contributed by atoms with E-state index in [0.29, 0.717) is 11.6 Å². The minimum Gasteiger partial charge on any atom is -0.318 e. The fraction of sp³-hybridized carbons (Fsp3) is 0.407. The van der Waals surface area contributed by atoms with Crippen LogP contribution in [0.4, 0.5) is 0 Å². The van der Waals surface area contributed by atoms with Crippen molar-refractivity contribution in [2.45, 2.75) is 54.4 Å². The number of hydrogen-bond donors (Lipinski definition) is 1. The van der Waals surface area contributed by atoms with E-state index >= 15 is 0 Å². The molecule has 1 aliphatic rings. The molecule has 2 heterocycles. The molecule has 1 amide bonds. The summed E-state index contributed by atoms with van der Waals surface area (Å²) >= 11 is 0. The maximum atomic E-state index is 12.4. The van der Waals surface area contributed by atoms with Crippen LogP contribution in [0.25, 0.3) is 11.2 Å². The molecule has 180 valence electrons. The molecule has 7 heteroatoms. The van der Waals surface area contributed by atoms with Crippen molar-refractivity contribution in [1.29, 1.82) is 0 Å². The highest BCUT2D eigenvalue weighted by Gasteiger charge is 2.29. The average molecular weight is 462 g/mol. The van der Waals surface area contributed by atoms with Crippen molar-refractivity contribution in [3.63, 3.8) is 0 Å². The van der Waals surface area contributed by atoms with Crippen molar-refractivity contribution >= 4 is 17.1 Å². The number of fused-ring (bicyclic) bond motifs is 1. The minimum atomic E-state index is -0.424. The molecule has 0 fully saturated rings. The lowest BCUT2D eigenvalue weighted by molar-refractivity contribution is -0.112. The number of carbonyl (C=O) groups excluding carboxylic acids is 1. The molecule has 1 atom stereocenters. The number of aromatic nitrogens is 4. The topological polar surface area (TPSA) is 81.8 Å². The van der Waals surface area contributed by atoms with Gasteiger partial charge in [0.1, 0.15) is 6.33 Å². The first-order chi connectivity index (χ1) is 16.0. The highest BCUT2D eigenvalue weighted by atomic mass is 16.2. The van der Waals surface area contributed by atoms with Crippen molar-refractivity contribution in [3.8, 4) is 0 Å². The third-order valence-electron chi connectivity index (χ3n) is 6.54. The van der Waals surface area contributed by atoms with E-state index in [0.717, 1.165) is 15.8 Å². The van der Waals surface area contributed by atoms with E-state index in [4.69, 9.17) is 0 Å². The van der Waals surface area contributed by atoms with Crippen molar-refractivity contribution in [1.82, 2.24) is 19.2 Å². The van der Waals surface area contributed by atoms with Crippen molar-refractivity contribution in [3.05, 3.63) is 81.8 Å². The van der Waals surface area contributed by atoms with Crippen LogP contribution in [-0.4, -0.2) is 25.1 Å². The quantitative estimate of drug-likeness (QED) is 0.486. The molecule has 0 spiro atoms. The Balaban J connectivity index is 1.65. The summed E-state index contributed by atoms with van der Waals surface area (Å²) in [5.41, 5.74) is 7.78. The third kappa shape index (κ3) is 5.71. The summed E-state index contributed by atoms with van der Waals surface area (Å²) in [6.07, 6.45) is 16.9. The van der Waals surface area contributed by atoms with Gasteiger partial charge in [-0.25, -0.2) is 14.6 Å². The molecule has 2 aromatic rings. The van der Waals surface area contributed by atoms with Crippen LogP contribution in [0.2, 0.25) is 0 Å². The van der Waals surface area contributed by atoms with Gasteiger partial charge in [0, 0.05) is 13.1 Å². The van der Waals surface area contributed by atoms with Gasteiger partial charge in [0.2, 0.25) is 0 Å². The van der Waals surface area contributed by atoms with E-state index in [-0.39, 0.29) is 10.9 Å². The van der Waals surface area contributed by atoms with E-state index in [1.807, 2.05) is 25.2 Å². The van der Waals surface area contributed by atoms with Crippen molar-refractivity contribution in [2.75, 3.05) is 5.43 Å². The van der Waals surface area contributed by atoms with E-state index in [2.05, 4.69) is 62.2 Å². The number of carbonyl (C=O) groups is 1. The Morgan fingerprint density at radius 1 is 1.18 bits per heavy atom. The van der Waals surface area contributed by atoms with Crippen LogP contribution in [0.1, 0.15) is 54.4 Å². The van der Waals surface area contributed by atoms with E-state index < -0.39 is 11.5 Å². The monoisotopic (exact) mass is 461 g/mol. The second-order valence-electron chi connectivity index (χ2n) is 9.84. The summed E-state index contributed by atoms with van der Waals surface area (Å²) in [5.74, 6) is 0.214. The fourth-order valence-corrected chi connectivity index (χ4v) is 4.20. The minimum absolute atomic E-state index is 0.203. The molecule has 7 nitrogen and oxygen atoms in total. The predicted molar refractivity (Wildman–Crippen MR) is 138 cm³/mol. The molecule has 34 heavy (non-hydrogen) atoms. The molecule has 0 bridgehead atoms. The SMILES string of the molecule is CC1=C(/C=C/C(C)=C/C=C/C(C)=C/C(=O)Nn2cnc3c(ncn3C)c2=O)C(C)(C)CCC1C. The zero-order valence-corrected chi connectivity index (χ0v) is 21.2. The number of allylic oxidation sites excluding steroid dienone is 9. The van der Waals surface area contributed by atoms with Gasteiger partial charge < -0.3 is 4.57 Å². The lowest BCUT2D eigenvalue weighted by Gasteiger charge is -2.36. The normalized spacial score (nSPS) is 19.6. The molecule has 0 saturated heterocycles. The molecular formula is C27H35N5O2. The maximum Gasteiger partial charge on any atom is 0.300 e. The Morgan fingerprint density at radius 2 is 1.91 bits per heavy atom. The molecule has 0 aromatic carbocycles. The highest BCUT2D eigenvalue weighted by Crippen LogP contribution is 2.43. The van der Waals surface area contributed by atoms with Crippen LogP contribution in [0.5, 0.6) is 0 Å². The number of nitrogens with zero attached hydrogens (tertiary/aromatic N) is 4. The standard InChI is InChI=1S/C27H35N5O2/c1-18(11-12-22-21(4)20(3)13-14-27(22,5)6)9-8-10-19(2)15-23(33)30-32-17-29-25-24(26(32)34)28-16-31(25)7/h8-12,15-17,20H,13-14H2,1-7H3,(H,30,33)/b10-8+,12-11+,18-9+,19-15+. The van der Waals surface area contributed by atoms with Gasteiger partial charge in [-0.3, -0.25) is 15.0 Å². The van der Waals surface area contributed by atoms with Gasteiger partial charge in [0.15, 0.2) is 11.2 Å². The van der Waals surface area contributed by atoms with Crippen molar-refractivity contribution < 1.29 is 4.79 Å². The van der Waals surface area contributed by atoms with Crippen LogP contribution in [0, 0.1) is 11.3 Å². The number of aryl methyl sites for hydroxylation is 1. The fourth-order valence-electron chi connectivity index (χ4n) is 4.20. The Labute approximate surface area is 201 Å². The Bertz CT molecular complexity index is 1300. The average Bonchev–Trinajstić information content (AvgIpc) is 3.14. The van der Waals surface area contributed by atoms with Gasteiger partial charge in [-0.15, -0.1) is 0 Å². The Hall–Kier alpha value is -3.48. The largest absolute Gasteiger partial charge is 0.318 e. The molecule has 1 unspecified atom stereocenters. The summed E-state index contributed by atoms with van der Waals surface area (Å²) in [4.78, 5) is 33.0. The number of nitrogens with one attached hydrogen (secondary N) is 1. The predicted octanol–water partition coefficient (Wildman–Crippen LogP) is 4.98. The van der Waals surface area contributed by atoms with Crippen LogP contribution in [-0.2, 0) is 11.8 Å². The van der Waals surface area contributed by atoms with Gasteiger partial charge in [-0.1, -0.05) is 62.3 Å². The molecule has 0 aliphatic heterocycles. The van der Waals surface area contributed by atoms with Crippen LogP contribution in [0.15, 0.2) is 76.2 Å². The molecule has 2 aromatic heterocycles. The molecular weight excluding hydrogens is 426 g/mol. The third-order valence-corrected chi connectivity index (χ3v) is 6.54. The molecule has 0 radical (unpaired) electrons. The Morgan fingerprint density at radius 3 is 2.65 bits per heavy atom. The summed E-state index contributed by atoms with van der Waals surface area (Å²) < 4.78 is 2.70. The van der Waals surface area contributed by atoms with Crippen LogP contribution >= 0.6 is 0 Å². The first-order valence-electron chi connectivity index (χ1n) is 11.6. The first kappa shape index (κ1) is 25.1. The second-order valence-corrected chi connectivity index (χ2v) is 9.84. The number of rotatable bonds is 6. The van der Waals surface area contributed by atoms with Crippen molar-refractivity contribution in [2.24, 2.45) is 18.4 Å². The lowest BCUT2D eigenvalue weighted by Crippen LogP contribution is -2.32. The summed E-state index contributed by atoms with van der Waals surface area (Å²) in [5, 5.41) is 0. The highest BCUT2D eigenvalue weighted by molar-refractivity contribution is 5.95. The molecule has 0 saturated carbocycles. The van der Waals surface area contributed by atoms with Gasteiger partial charge in [0.25, 0.3) is 11.5 Å². The maximum absolute atomic E-state index is 12.4. The number of imidazole rings is 1. The zero-order valence-electron chi connectivity index (χ0n) is 21.2. The van der Waals surface area contributed by atoms with Gasteiger partial charge in [0.05, 0.1) is 6.33 Å². The summed E-state index contributed by atoms with van der Waals surface area (Å²) in [7, 11) is 1.75. The van der Waals surface area contributed by atoms with Crippen LogP contribution < -0.4 is 11.0 Å². The van der Waals surface area contributed by atoms with E-state index in [1.165, 1.54) is 42.7 Å². The molecule has 3 rings (SSSR count). The van der Waals surface area contributed by atoms with Gasteiger partial charge in [-0.2, -0.15) is 0 Å². The molecule has 1 N–H and O–H groups in total. The number of hydrogen-bond acceptors (Lipinski definition) is 4. The first-order valence-corrected chi connectivity index (χ1v) is 11.6. The zero-order chi connectivity index (χ0) is 25.0. The number of amides is 1. The Kier molecular flexibility index (Phi) is 7.54. The van der Waals surface area contributed by atoms with E-state index in [9.17, 15) is 9.59 Å². The van der Waals surface area contributed by atoms with Gasteiger partial charge in [-0.05, 0) is 56.1 Å². The summed E-state index contributed by atoms with van der Waals surface area (Å²) in [6, 6.07) is 0. The van der Waals surface area contributed by atoms with Crippen LogP contribution in [0.3, 0.4) is 0 Å².